The van der Waals surface area contributed by atoms with Crippen molar-refractivity contribution in [3.05, 3.63) is 41.2 Å². The van der Waals surface area contributed by atoms with Crippen molar-refractivity contribution < 1.29 is 18.3 Å². The van der Waals surface area contributed by atoms with Gasteiger partial charge in [0.2, 0.25) is 0 Å². The molecule has 0 atom stereocenters. The number of hydrogen-bond acceptors (Lipinski definition) is 4. The lowest BCUT2D eigenvalue weighted by Crippen LogP contribution is -2.15. The van der Waals surface area contributed by atoms with E-state index in [9.17, 15) is 18.3 Å². The molecule has 0 aliphatic carbocycles. The van der Waals surface area contributed by atoms with Crippen LogP contribution in [0.3, 0.4) is 0 Å². The summed E-state index contributed by atoms with van der Waals surface area (Å²) in [5, 5.41) is 25.9. The van der Waals surface area contributed by atoms with Crippen molar-refractivity contribution in [2.45, 2.75) is 25.6 Å². The molecule has 2 aromatic rings. The predicted octanol–water partition coefficient (Wildman–Crippen LogP) is 2.39. The fraction of sp³-hybridized carbons (Fsp3) is 0.308. The van der Waals surface area contributed by atoms with Crippen LogP contribution in [0.4, 0.5) is 13.2 Å². The van der Waals surface area contributed by atoms with Crippen molar-refractivity contribution in [3.8, 4) is 11.8 Å². The van der Waals surface area contributed by atoms with Gasteiger partial charge in [-0.3, -0.25) is 0 Å². The second kappa shape index (κ2) is 4.86. The molecule has 110 valence electrons. The standard InChI is InChI=1S/C13H11F3N4O/c1-12(2,21)11-7-20(19-18-11)9-4-3-8(6-17)10(5-9)13(14,15)16/h3-5,7,21H,1-2H3. The van der Waals surface area contributed by atoms with E-state index in [-0.39, 0.29) is 11.4 Å². The van der Waals surface area contributed by atoms with E-state index in [1.165, 1.54) is 32.2 Å². The van der Waals surface area contributed by atoms with Gasteiger partial charge in [-0.1, -0.05) is 5.21 Å². The van der Waals surface area contributed by atoms with Gasteiger partial charge >= 0.3 is 6.18 Å². The Morgan fingerprint density at radius 2 is 1.95 bits per heavy atom. The summed E-state index contributed by atoms with van der Waals surface area (Å²) in [4.78, 5) is 0. The van der Waals surface area contributed by atoms with E-state index in [0.29, 0.717) is 0 Å². The lowest BCUT2D eigenvalue weighted by Gasteiger charge is -2.12. The van der Waals surface area contributed by atoms with Crippen LogP contribution in [0.1, 0.15) is 30.7 Å². The van der Waals surface area contributed by atoms with E-state index in [1.807, 2.05) is 0 Å². The molecule has 1 N–H and O–H groups in total. The summed E-state index contributed by atoms with van der Waals surface area (Å²) in [6.45, 7) is 2.97. The van der Waals surface area contributed by atoms with Crippen LogP contribution in [0.15, 0.2) is 24.4 Å². The Morgan fingerprint density at radius 3 is 2.43 bits per heavy atom. The zero-order valence-electron chi connectivity index (χ0n) is 11.2. The Kier molecular flexibility index (Phi) is 3.47. The van der Waals surface area contributed by atoms with Gasteiger partial charge in [0, 0.05) is 0 Å². The monoisotopic (exact) mass is 296 g/mol. The first-order valence-corrected chi connectivity index (χ1v) is 5.90. The van der Waals surface area contributed by atoms with Crippen molar-refractivity contribution in [2.24, 2.45) is 0 Å². The van der Waals surface area contributed by atoms with Gasteiger partial charge in [0.25, 0.3) is 0 Å². The third kappa shape index (κ3) is 3.03. The van der Waals surface area contributed by atoms with E-state index in [2.05, 4.69) is 10.3 Å². The number of nitriles is 1. The topological polar surface area (TPSA) is 74.7 Å². The van der Waals surface area contributed by atoms with Gasteiger partial charge in [0.15, 0.2) is 0 Å². The van der Waals surface area contributed by atoms with Crippen LogP contribution in [0, 0.1) is 11.3 Å². The van der Waals surface area contributed by atoms with Crippen molar-refractivity contribution >= 4 is 0 Å². The number of aliphatic hydroxyl groups is 1. The van der Waals surface area contributed by atoms with Crippen LogP contribution in [0.5, 0.6) is 0 Å². The molecule has 1 heterocycles. The first-order chi connectivity index (χ1) is 9.63. The number of aromatic nitrogens is 3. The van der Waals surface area contributed by atoms with Crippen molar-refractivity contribution in [1.29, 1.82) is 5.26 Å². The van der Waals surface area contributed by atoms with Gasteiger partial charge in [-0.25, -0.2) is 4.68 Å². The second-order valence-corrected chi connectivity index (χ2v) is 4.95. The summed E-state index contributed by atoms with van der Waals surface area (Å²) in [5.41, 5.74) is -2.43. The van der Waals surface area contributed by atoms with E-state index >= 15 is 0 Å². The zero-order valence-corrected chi connectivity index (χ0v) is 11.2. The average molecular weight is 296 g/mol. The molecule has 0 saturated heterocycles. The fourth-order valence-electron chi connectivity index (χ4n) is 1.68. The molecule has 0 spiro atoms. The third-order valence-electron chi connectivity index (χ3n) is 2.81. The minimum atomic E-state index is -4.64. The van der Waals surface area contributed by atoms with E-state index in [0.717, 1.165) is 16.8 Å². The zero-order chi connectivity index (χ0) is 15.8. The predicted molar refractivity (Wildman–Crippen MR) is 66.3 cm³/mol. The average Bonchev–Trinajstić information content (AvgIpc) is 2.86. The Labute approximate surface area is 118 Å². The summed E-state index contributed by atoms with van der Waals surface area (Å²) in [5.74, 6) is 0. The maximum atomic E-state index is 12.9. The fourth-order valence-corrected chi connectivity index (χ4v) is 1.68. The van der Waals surface area contributed by atoms with Gasteiger partial charge in [0.1, 0.15) is 11.3 Å². The molecule has 5 nitrogen and oxygen atoms in total. The summed E-state index contributed by atoms with van der Waals surface area (Å²) in [6, 6.07) is 4.73. The maximum absolute atomic E-state index is 12.9. The largest absolute Gasteiger partial charge is 0.417 e. The molecule has 1 aromatic carbocycles. The van der Waals surface area contributed by atoms with Crippen molar-refractivity contribution in [1.82, 2.24) is 15.0 Å². The second-order valence-electron chi connectivity index (χ2n) is 4.95. The highest BCUT2D eigenvalue weighted by Crippen LogP contribution is 2.33. The molecule has 0 radical (unpaired) electrons. The van der Waals surface area contributed by atoms with Crippen LogP contribution in [-0.2, 0) is 11.8 Å². The lowest BCUT2D eigenvalue weighted by atomic mass is 10.1. The first-order valence-electron chi connectivity index (χ1n) is 5.90. The van der Waals surface area contributed by atoms with Gasteiger partial charge in [-0.2, -0.15) is 18.4 Å². The number of hydrogen-bond donors (Lipinski definition) is 1. The molecule has 0 unspecified atom stereocenters. The third-order valence-corrected chi connectivity index (χ3v) is 2.81. The molecule has 2 rings (SSSR count). The highest BCUT2D eigenvalue weighted by molar-refractivity contribution is 5.47. The summed E-state index contributed by atoms with van der Waals surface area (Å²) >= 11 is 0. The molecular formula is C13H11F3N4O. The number of rotatable bonds is 2. The van der Waals surface area contributed by atoms with Gasteiger partial charge in [-0.15, -0.1) is 5.10 Å². The smallest absolute Gasteiger partial charge is 0.384 e. The van der Waals surface area contributed by atoms with Gasteiger partial charge in [0.05, 0.1) is 29.1 Å². The summed E-state index contributed by atoms with van der Waals surface area (Å²) < 4.78 is 39.8. The van der Waals surface area contributed by atoms with E-state index in [1.54, 1.807) is 0 Å². The molecule has 0 saturated carbocycles. The molecular weight excluding hydrogens is 285 g/mol. The van der Waals surface area contributed by atoms with E-state index in [4.69, 9.17) is 5.26 Å². The molecule has 0 amide bonds. The van der Waals surface area contributed by atoms with Crippen LogP contribution < -0.4 is 0 Å². The Bertz CT molecular complexity index is 707. The number of alkyl halides is 3. The Hall–Kier alpha value is -2.40. The van der Waals surface area contributed by atoms with Gasteiger partial charge in [-0.05, 0) is 32.0 Å². The summed E-state index contributed by atoms with van der Waals surface area (Å²) in [6.07, 6.45) is -3.30. The highest BCUT2D eigenvalue weighted by atomic mass is 19.4. The van der Waals surface area contributed by atoms with Gasteiger partial charge < -0.3 is 5.11 Å². The molecule has 0 aliphatic heterocycles. The summed E-state index contributed by atoms with van der Waals surface area (Å²) in [7, 11) is 0. The molecule has 0 bridgehead atoms. The Balaban J connectivity index is 2.52. The maximum Gasteiger partial charge on any atom is 0.417 e. The number of halogens is 3. The quantitative estimate of drug-likeness (QED) is 0.923. The number of nitrogens with zero attached hydrogens (tertiary/aromatic N) is 4. The Morgan fingerprint density at radius 1 is 1.29 bits per heavy atom. The molecule has 1 aromatic heterocycles. The highest BCUT2D eigenvalue weighted by Gasteiger charge is 2.34. The molecule has 21 heavy (non-hydrogen) atoms. The SMILES string of the molecule is CC(C)(O)c1cn(-c2ccc(C#N)c(C(F)(F)F)c2)nn1. The molecule has 0 aliphatic rings. The van der Waals surface area contributed by atoms with Crippen LogP contribution >= 0.6 is 0 Å². The first kappa shape index (κ1) is 15.0. The van der Waals surface area contributed by atoms with Crippen LogP contribution in [-0.4, -0.2) is 20.1 Å². The molecule has 8 heteroatoms. The minimum absolute atomic E-state index is 0.101. The van der Waals surface area contributed by atoms with Crippen LogP contribution in [0.2, 0.25) is 0 Å². The normalized spacial score (nSPS) is 12.2. The number of benzene rings is 1. The minimum Gasteiger partial charge on any atom is -0.384 e. The van der Waals surface area contributed by atoms with Crippen molar-refractivity contribution in [2.75, 3.05) is 0 Å². The molecule has 0 fully saturated rings. The van der Waals surface area contributed by atoms with E-state index < -0.39 is 22.9 Å². The van der Waals surface area contributed by atoms with Crippen LogP contribution in [0.25, 0.3) is 5.69 Å². The lowest BCUT2D eigenvalue weighted by molar-refractivity contribution is -0.137. The van der Waals surface area contributed by atoms with Crippen molar-refractivity contribution in [3.63, 3.8) is 0 Å².